The summed E-state index contributed by atoms with van der Waals surface area (Å²) in [7, 11) is 1.43. The summed E-state index contributed by atoms with van der Waals surface area (Å²) in [6, 6.07) is 11.7. The molecule has 5 atom stereocenters. The SMILES string of the molecule is CC[C@@H](C)[C@H]1NC(=O)[C@@H](C)NC(=O)c2ccccc2NC(=O)[C@@H]([C@@H](O)c2ccccc2)N(C)C1=O. The number of rotatable bonds is 4. The first-order valence-electron chi connectivity index (χ1n) is 11.7. The molecular weight excluding hydrogens is 448 g/mol. The Morgan fingerprint density at radius 3 is 2.23 bits per heavy atom. The second-order valence-corrected chi connectivity index (χ2v) is 8.85. The average Bonchev–Trinajstić information content (AvgIpc) is 2.86. The summed E-state index contributed by atoms with van der Waals surface area (Å²) in [6.45, 7) is 5.23. The Bertz CT molecular complexity index is 1090. The number of amides is 4. The lowest BCUT2D eigenvalue weighted by atomic mass is 9.95. The van der Waals surface area contributed by atoms with Crippen LogP contribution < -0.4 is 16.0 Å². The zero-order valence-electron chi connectivity index (χ0n) is 20.3. The molecular formula is C26H32N4O5. The molecule has 0 unspecified atom stereocenters. The second-order valence-electron chi connectivity index (χ2n) is 8.85. The van der Waals surface area contributed by atoms with E-state index in [0.717, 1.165) is 0 Å². The van der Waals surface area contributed by atoms with Gasteiger partial charge < -0.3 is 26.0 Å². The first-order chi connectivity index (χ1) is 16.6. The highest BCUT2D eigenvalue weighted by molar-refractivity contribution is 6.07. The summed E-state index contributed by atoms with van der Waals surface area (Å²) >= 11 is 0. The lowest BCUT2D eigenvalue weighted by molar-refractivity contribution is -0.145. The predicted octanol–water partition coefficient (Wildman–Crippen LogP) is 1.85. The fourth-order valence-corrected chi connectivity index (χ4v) is 4.02. The highest BCUT2D eigenvalue weighted by atomic mass is 16.3. The molecule has 0 bridgehead atoms. The Balaban J connectivity index is 2.12. The molecule has 3 rings (SSSR count). The number of fused-ring (bicyclic) bond motifs is 1. The van der Waals surface area contributed by atoms with Gasteiger partial charge in [0.05, 0.1) is 11.3 Å². The van der Waals surface area contributed by atoms with Crippen molar-refractivity contribution < 1.29 is 24.3 Å². The van der Waals surface area contributed by atoms with Gasteiger partial charge in [0, 0.05) is 7.05 Å². The number of carbonyl (C=O) groups is 4. The van der Waals surface area contributed by atoms with E-state index < -0.39 is 47.9 Å². The van der Waals surface area contributed by atoms with Crippen LogP contribution in [0.3, 0.4) is 0 Å². The molecule has 2 aromatic carbocycles. The molecule has 0 aromatic heterocycles. The number of hydrogen-bond acceptors (Lipinski definition) is 5. The van der Waals surface area contributed by atoms with Crippen LogP contribution in [0.25, 0.3) is 0 Å². The molecule has 35 heavy (non-hydrogen) atoms. The third-order valence-electron chi connectivity index (χ3n) is 6.42. The number of likely N-dealkylation sites (N-methyl/N-ethyl adjacent to an activating group) is 1. The Kier molecular flexibility index (Phi) is 8.24. The fraction of sp³-hybridized carbons (Fsp3) is 0.385. The fourth-order valence-electron chi connectivity index (χ4n) is 4.02. The van der Waals surface area contributed by atoms with Crippen molar-refractivity contribution in [1.29, 1.82) is 0 Å². The van der Waals surface area contributed by atoms with Gasteiger partial charge in [0.15, 0.2) is 0 Å². The first-order valence-corrected chi connectivity index (χ1v) is 11.7. The lowest BCUT2D eigenvalue weighted by Gasteiger charge is -2.35. The molecule has 1 aliphatic rings. The molecule has 186 valence electrons. The molecule has 0 fully saturated rings. The van der Waals surface area contributed by atoms with Gasteiger partial charge in [-0.15, -0.1) is 0 Å². The van der Waals surface area contributed by atoms with Gasteiger partial charge in [0.2, 0.25) is 17.7 Å². The number of nitrogens with one attached hydrogen (secondary N) is 3. The van der Waals surface area contributed by atoms with Gasteiger partial charge in [-0.3, -0.25) is 19.2 Å². The van der Waals surface area contributed by atoms with E-state index in [1.54, 1.807) is 48.5 Å². The van der Waals surface area contributed by atoms with Crippen molar-refractivity contribution in [3.63, 3.8) is 0 Å². The largest absolute Gasteiger partial charge is 0.386 e. The molecule has 0 saturated carbocycles. The summed E-state index contributed by atoms with van der Waals surface area (Å²) in [5, 5.41) is 19.3. The predicted molar refractivity (Wildman–Crippen MR) is 131 cm³/mol. The maximum atomic E-state index is 13.6. The van der Waals surface area contributed by atoms with E-state index in [1.165, 1.54) is 24.9 Å². The monoisotopic (exact) mass is 480 g/mol. The van der Waals surface area contributed by atoms with Crippen LogP contribution in [0.15, 0.2) is 54.6 Å². The van der Waals surface area contributed by atoms with E-state index in [0.29, 0.717) is 12.0 Å². The summed E-state index contributed by atoms with van der Waals surface area (Å²) in [4.78, 5) is 54.2. The maximum absolute atomic E-state index is 13.6. The number of aliphatic hydroxyl groups excluding tert-OH is 1. The summed E-state index contributed by atoms with van der Waals surface area (Å²) in [5.41, 5.74) is 0.798. The quantitative estimate of drug-likeness (QED) is 0.531. The third-order valence-corrected chi connectivity index (χ3v) is 6.42. The van der Waals surface area contributed by atoms with Crippen LogP contribution in [0.4, 0.5) is 5.69 Å². The smallest absolute Gasteiger partial charge is 0.254 e. The topological polar surface area (TPSA) is 128 Å². The maximum Gasteiger partial charge on any atom is 0.254 e. The number of aliphatic hydroxyl groups is 1. The molecule has 0 aliphatic carbocycles. The van der Waals surface area contributed by atoms with Crippen LogP contribution in [0, 0.1) is 5.92 Å². The van der Waals surface area contributed by atoms with Gasteiger partial charge in [-0.2, -0.15) is 0 Å². The van der Waals surface area contributed by atoms with Gasteiger partial charge in [-0.05, 0) is 30.5 Å². The Hall–Kier alpha value is -3.72. The minimum atomic E-state index is -1.36. The molecule has 0 saturated heterocycles. The zero-order chi connectivity index (χ0) is 25.7. The van der Waals surface area contributed by atoms with Gasteiger partial charge in [0.25, 0.3) is 5.91 Å². The highest BCUT2D eigenvalue weighted by Gasteiger charge is 2.39. The molecule has 4 amide bonds. The second kappa shape index (κ2) is 11.1. The third kappa shape index (κ3) is 5.68. The van der Waals surface area contributed by atoms with Gasteiger partial charge >= 0.3 is 0 Å². The molecule has 9 heteroatoms. The molecule has 2 aromatic rings. The van der Waals surface area contributed by atoms with Crippen molar-refractivity contribution in [2.45, 2.75) is 51.4 Å². The van der Waals surface area contributed by atoms with E-state index in [-0.39, 0.29) is 17.2 Å². The molecule has 0 spiro atoms. The van der Waals surface area contributed by atoms with E-state index in [2.05, 4.69) is 16.0 Å². The average molecular weight is 481 g/mol. The molecule has 4 N–H and O–H groups in total. The van der Waals surface area contributed by atoms with Crippen molar-refractivity contribution in [3.8, 4) is 0 Å². The van der Waals surface area contributed by atoms with E-state index in [4.69, 9.17) is 0 Å². The minimum Gasteiger partial charge on any atom is -0.386 e. The highest BCUT2D eigenvalue weighted by Crippen LogP contribution is 2.25. The first kappa shape index (κ1) is 25.9. The van der Waals surface area contributed by atoms with Crippen LogP contribution in [0.5, 0.6) is 0 Å². The lowest BCUT2D eigenvalue weighted by Crippen LogP contribution is -2.58. The van der Waals surface area contributed by atoms with E-state index >= 15 is 0 Å². The van der Waals surface area contributed by atoms with Gasteiger partial charge in [0.1, 0.15) is 24.2 Å². The molecule has 0 radical (unpaired) electrons. The number of para-hydroxylation sites is 1. The number of benzene rings is 2. The summed E-state index contributed by atoms with van der Waals surface area (Å²) in [6.07, 6.45) is -0.780. The van der Waals surface area contributed by atoms with Crippen molar-refractivity contribution in [2.75, 3.05) is 12.4 Å². The zero-order valence-corrected chi connectivity index (χ0v) is 20.3. The standard InChI is InChI=1S/C26H32N4O5/c1-5-15(2)20-26(35)30(4)21(22(31)17-11-7-6-8-12-17)25(34)28-19-14-10-9-13-18(19)24(33)27-16(3)23(32)29-20/h6-16,20-22,31H,5H2,1-4H3,(H,27,33)(H,28,34)(H,29,32)/t15-,16-,20-,21-,22+/m1/s1. The van der Waals surface area contributed by atoms with Crippen LogP contribution in [0.2, 0.25) is 0 Å². The van der Waals surface area contributed by atoms with Crippen LogP contribution in [-0.2, 0) is 14.4 Å². The molecule has 9 nitrogen and oxygen atoms in total. The Labute approximate surface area is 204 Å². The number of carbonyl (C=O) groups excluding carboxylic acids is 4. The van der Waals surface area contributed by atoms with Crippen LogP contribution in [0.1, 0.15) is 49.2 Å². The molecule has 1 aliphatic heterocycles. The van der Waals surface area contributed by atoms with Gasteiger partial charge in [-0.1, -0.05) is 62.7 Å². The van der Waals surface area contributed by atoms with E-state index in [9.17, 15) is 24.3 Å². The Morgan fingerprint density at radius 1 is 0.943 bits per heavy atom. The van der Waals surface area contributed by atoms with Crippen molar-refractivity contribution in [2.24, 2.45) is 5.92 Å². The number of anilines is 1. The molecule has 1 heterocycles. The Morgan fingerprint density at radius 2 is 1.57 bits per heavy atom. The number of hydrogen-bond donors (Lipinski definition) is 4. The number of nitrogens with zero attached hydrogens (tertiary/aromatic N) is 1. The summed E-state index contributed by atoms with van der Waals surface area (Å²) < 4.78 is 0. The van der Waals surface area contributed by atoms with E-state index in [1.807, 2.05) is 13.8 Å². The minimum absolute atomic E-state index is 0.153. The van der Waals surface area contributed by atoms with Crippen molar-refractivity contribution >= 4 is 29.3 Å². The normalized spacial score (nSPS) is 23.5. The van der Waals surface area contributed by atoms with Gasteiger partial charge in [-0.25, -0.2) is 0 Å². The van der Waals surface area contributed by atoms with Crippen LogP contribution >= 0.6 is 0 Å². The van der Waals surface area contributed by atoms with Crippen molar-refractivity contribution in [3.05, 3.63) is 65.7 Å². The summed E-state index contributed by atoms with van der Waals surface area (Å²) in [5.74, 6) is -2.53. The van der Waals surface area contributed by atoms with Crippen LogP contribution in [-0.4, -0.2) is 58.8 Å². The van der Waals surface area contributed by atoms with Crippen molar-refractivity contribution in [1.82, 2.24) is 15.5 Å².